The van der Waals surface area contributed by atoms with E-state index in [4.69, 9.17) is 0 Å². The van der Waals surface area contributed by atoms with Crippen molar-refractivity contribution >= 4 is 26.7 Å². The highest BCUT2D eigenvalue weighted by Crippen LogP contribution is 2.12. The Bertz CT molecular complexity index is 117. The van der Waals surface area contributed by atoms with Crippen LogP contribution in [-0.4, -0.2) is 20.0 Å². The Hall–Kier alpha value is 0.630. The Morgan fingerprint density at radius 2 is 1.90 bits per heavy atom. The molecule has 0 spiro atoms. The van der Waals surface area contributed by atoms with Crippen molar-refractivity contribution in [2.75, 3.05) is 11.1 Å². The van der Waals surface area contributed by atoms with Crippen molar-refractivity contribution in [2.24, 2.45) is 0 Å². The third kappa shape index (κ3) is 4.45. The minimum Gasteiger partial charge on any atom is -0.259 e. The van der Waals surface area contributed by atoms with Crippen LogP contribution in [0.4, 0.5) is 0 Å². The van der Waals surface area contributed by atoms with Crippen molar-refractivity contribution in [3.05, 3.63) is 0 Å². The molecule has 1 unspecified atom stereocenters. The van der Waals surface area contributed by atoms with Gasteiger partial charge in [0.2, 0.25) is 0 Å². The second kappa shape index (κ2) is 4.50. The summed E-state index contributed by atoms with van der Waals surface area (Å²) in [6.07, 6.45) is 1.00. The third-order valence-corrected chi connectivity index (χ3v) is 3.73. The van der Waals surface area contributed by atoms with Crippen LogP contribution < -0.4 is 0 Å². The lowest BCUT2D eigenvalue weighted by atomic mass is 10.3. The summed E-state index contributed by atoms with van der Waals surface area (Å²) >= 11 is 3.31. The molecule has 10 heavy (non-hydrogen) atoms. The predicted molar refractivity (Wildman–Crippen MR) is 51.2 cm³/mol. The number of halogens is 1. The maximum atomic E-state index is 11.3. The summed E-state index contributed by atoms with van der Waals surface area (Å²) in [7, 11) is -0.667. The lowest BCUT2D eigenvalue weighted by Gasteiger charge is -2.16. The Kier molecular flexibility index (Phi) is 4.78. The quantitative estimate of drug-likeness (QED) is 0.676. The van der Waals surface area contributed by atoms with Crippen LogP contribution in [0.2, 0.25) is 0 Å². The minimum atomic E-state index is -0.667. The van der Waals surface area contributed by atoms with Crippen LogP contribution in [0.1, 0.15) is 27.2 Å². The lowest BCUT2D eigenvalue weighted by Crippen LogP contribution is -2.24. The van der Waals surface area contributed by atoms with Crippen molar-refractivity contribution in [1.82, 2.24) is 0 Å². The molecule has 1 nitrogen and oxygen atoms in total. The Labute approximate surface area is 74.2 Å². The van der Waals surface area contributed by atoms with Crippen LogP contribution >= 0.6 is 15.9 Å². The number of hydrogen-bond donors (Lipinski definition) is 0. The first-order valence-electron chi connectivity index (χ1n) is 3.43. The zero-order chi connectivity index (χ0) is 8.20. The molecule has 0 heterocycles. The van der Waals surface area contributed by atoms with E-state index in [1.54, 1.807) is 0 Å². The van der Waals surface area contributed by atoms with Crippen molar-refractivity contribution in [3.8, 4) is 0 Å². The molecular formula is C7H15BrOS. The summed E-state index contributed by atoms with van der Waals surface area (Å²) in [6, 6.07) is 0. The first-order valence-corrected chi connectivity index (χ1v) is 5.87. The van der Waals surface area contributed by atoms with Gasteiger partial charge >= 0.3 is 0 Å². The molecule has 0 rings (SSSR count). The topological polar surface area (TPSA) is 17.1 Å². The number of alkyl halides is 1. The zero-order valence-corrected chi connectivity index (χ0v) is 9.22. The van der Waals surface area contributed by atoms with Gasteiger partial charge in [-0.1, -0.05) is 15.9 Å². The van der Waals surface area contributed by atoms with Gasteiger partial charge in [-0.25, -0.2) is 0 Å². The predicted octanol–water partition coefficient (Wildman–Crippen LogP) is 2.32. The van der Waals surface area contributed by atoms with Crippen molar-refractivity contribution < 1.29 is 4.21 Å². The maximum Gasteiger partial charge on any atom is 0.0375 e. The molecule has 0 aromatic heterocycles. The number of rotatable bonds is 3. The molecule has 0 aliphatic rings. The van der Waals surface area contributed by atoms with Gasteiger partial charge in [-0.2, -0.15) is 0 Å². The molecule has 0 bridgehead atoms. The maximum absolute atomic E-state index is 11.3. The molecule has 0 aromatic carbocycles. The van der Waals surface area contributed by atoms with Gasteiger partial charge < -0.3 is 0 Å². The molecule has 0 aliphatic heterocycles. The first kappa shape index (κ1) is 10.6. The summed E-state index contributed by atoms with van der Waals surface area (Å²) in [6.45, 7) is 6.03. The highest BCUT2D eigenvalue weighted by molar-refractivity contribution is 9.09. The molecule has 3 heteroatoms. The minimum absolute atomic E-state index is 0.0395. The third-order valence-electron chi connectivity index (χ3n) is 1.15. The van der Waals surface area contributed by atoms with E-state index in [0.717, 1.165) is 17.5 Å². The number of hydrogen-bond acceptors (Lipinski definition) is 1. The molecule has 0 saturated carbocycles. The molecule has 0 aromatic rings. The van der Waals surface area contributed by atoms with Gasteiger partial charge in [-0.05, 0) is 27.2 Å². The lowest BCUT2D eigenvalue weighted by molar-refractivity contribution is 0.647. The molecule has 0 amide bonds. The van der Waals surface area contributed by atoms with E-state index in [2.05, 4.69) is 15.9 Å². The second-order valence-electron chi connectivity index (χ2n) is 3.20. The molecule has 0 saturated heterocycles. The molecule has 0 N–H and O–H groups in total. The molecule has 0 radical (unpaired) electrons. The summed E-state index contributed by atoms with van der Waals surface area (Å²) in [5, 5.41) is 0.953. The van der Waals surface area contributed by atoms with E-state index < -0.39 is 10.8 Å². The fourth-order valence-corrected chi connectivity index (χ4v) is 2.16. The van der Waals surface area contributed by atoms with Crippen LogP contribution in [0.15, 0.2) is 0 Å². The normalized spacial score (nSPS) is 15.2. The molecule has 1 atom stereocenters. The molecular weight excluding hydrogens is 212 g/mol. The van der Waals surface area contributed by atoms with E-state index in [-0.39, 0.29) is 4.75 Å². The van der Waals surface area contributed by atoms with Gasteiger partial charge in [0.1, 0.15) is 0 Å². The van der Waals surface area contributed by atoms with Gasteiger partial charge in [-0.15, -0.1) is 0 Å². The SMILES string of the molecule is CC(C)(C)S(=O)CCCBr. The smallest absolute Gasteiger partial charge is 0.0375 e. The fourth-order valence-electron chi connectivity index (χ4n) is 0.492. The van der Waals surface area contributed by atoms with E-state index in [1.807, 2.05) is 20.8 Å². The van der Waals surface area contributed by atoms with Crippen LogP contribution in [0, 0.1) is 0 Å². The molecule has 0 fully saturated rings. The van der Waals surface area contributed by atoms with Crippen molar-refractivity contribution in [2.45, 2.75) is 31.9 Å². The summed E-state index contributed by atoms with van der Waals surface area (Å²) in [4.78, 5) is 0. The Balaban J connectivity index is 3.64. The van der Waals surface area contributed by atoms with Gasteiger partial charge in [0.25, 0.3) is 0 Å². The summed E-state index contributed by atoms with van der Waals surface area (Å²) in [5.74, 6) is 0.814. The Morgan fingerprint density at radius 3 is 2.20 bits per heavy atom. The largest absolute Gasteiger partial charge is 0.259 e. The average molecular weight is 227 g/mol. The second-order valence-corrected chi connectivity index (χ2v) is 6.32. The van der Waals surface area contributed by atoms with E-state index in [9.17, 15) is 4.21 Å². The van der Waals surface area contributed by atoms with Crippen LogP contribution in [0.5, 0.6) is 0 Å². The van der Waals surface area contributed by atoms with Gasteiger partial charge in [-0.3, -0.25) is 4.21 Å². The van der Waals surface area contributed by atoms with Crippen molar-refractivity contribution in [1.29, 1.82) is 0 Å². The van der Waals surface area contributed by atoms with E-state index in [1.165, 1.54) is 0 Å². The fraction of sp³-hybridized carbons (Fsp3) is 1.00. The van der Waals surface area contributed by atoms with E-state index in [0.29, 0.717) is 0 Å². The summed E-state index contributed by atoms with van der Waals surface area (Å²) in [5.41, 5.74) is 0. The van der Waals surface area contributed by atoms with E-state index >= 15 is 0 Å². The Morgan fingerprint density at radius 1 is 1.40 bits per heavy atom. The van der Waals surface area contributed by atoms with Crippen LogP contribution in [0.25, 0.3) is 0 Å². The molecule has 0 aliphatic carbocycles. The standard InChI is InChI=1S/C7H15BrOS/c1-7(2,3)10(9)6-4-5-8/h4-6H2,1-3H3. The van der Waals surface area contributed by atoms with Gasteiger partial charge in [0.05, 0.1) is 0 Å². The molecule has 62 valence electrons. The highest BCUT2D eigenvalue weighted by Gasteiger charge is 2.17. The van der Waals surface area contributed by atoms with Gasteiger partial charge in [0, 0.05) is 26.6 Å². The first-order chi connectivity index (χ1) is 4.48. The van der Waals surface area contributed by atoms with Crippen molar-refractivity contribution in [3.63, 3.8) is 0 Å². The summed E-state index contributed by atoms with van der Waals surface area (Å²) < 4.78 is 11.3. The van der Waals surface area contributed by atoms with Gasteiger partial charge in [0.15, 0.2) is 0 Å². The highest BCUT2D eigenvalue weighted by atomic mass is 79.9. The zero-order valence-electron chi connectivity index (χ0n) is 6.82. The van der Waals surface area contributed by atoms with Crippen LogP contribution in [0.3, 0.4) is 0 Å². The monoisotopic (exact) mass is 226 g/mol. The average Bonchev–Trinajstić information content (AvgIpc) is 1.80. The van der Waals surface area contributed by atoms with Crippen LogP contribution in [-0.2, 0) is 10.8 Å².